The first-order chi connectivity index (χ1) is 10.9. The van der Waals surface area contributed by atoms with Gasteiger partial charge in [-0.25, -0.2) is 0 Å². The van der Waals surface area contributed by atoms with Crippen molar-refractivity contribution in [1.29, 1.82) is 0 Å². The fraction of sp³-hybridized carbons (Fsp3) is 0.632. The Morgan fingerprint density at radius 2 is 1.57 bits per heavy atom. The molecule has 1 amide bonds. The van der Waals surface area contributed by atoms with E-state index in [9.17, 15) is 4.79 Å². The van der Waals surface area contributed by atoms with Crippen LogP contribution in [0.1, 0.15) is 46.1 Å². The van der Waals surface area contributed by atoms with Gasteiger partial charge in [0, 0.05) is 13.1 Å². The molecule has 0 aromatic heterocycles. The smallest absolute Gasteiger partial charge is 0.229 e. The van der Waals surface area contributed by atoms with Gasteiger partial charge in [0.15, 0.2) is 11.5 Å². The SMILES string of the molecule is CC(C)CN(CC(C)C)C(=O)C(C)c1ccc2c(c1)OCCO2. The number of fused-ring (bicyclic) bond motifs is 1. The molecule has 0 N–H and O–H groups in total. The fourth-order valence-electron chi connectivity index (χ4n) is 2.88. The summed E-state index contributed by atoms with van der Waals surface area (Å²) in [5, 5.41) is 0. The molecule has 1 aromatic rings. The molecule has 1 aliphatic heterocycles. The predicted molar refractivity (Wildman–Crippen MR) is 92.1 cm³/mol. The van der Waals surface area contributed by atoms with Crippen molar-refractivity contribution in [2.45, 2.75) is 40.5 Å². The molecule has 1 aromatic carbocycles. The molecule has 2 rings (SSSR count). The topological polar surface area (TPSA) is 38.8 Å². The summed E-state index contributed by atoms with van der Waals surface area (Å²) in [5.41, 5.74) is 0.983. The van der Waals surface area contributed by atoms with E-state index >= 15 is 0 Å². The van der Waals surface area contributed by atoms with Gasteiger partial charge < -0.3 is 14.4 Å². The molecule has 0 radical (unpaired) electrons. The molecular weight excluding hydrogens is 290 g/mol. The number of hydrogen-bond donors (Lipinski definition) is 0. The first kappa shape index (κ1) is 17.6. The Morgan fingerprint density at radius 3 is 2.13 bits per heavy atom. The molecule has 4 nitrogen and oxygen atoms in total. The highest BCUT2D eigenvalue weighted by atomic mass is 16.6. The van der Waals surface area contributed by atoms with Crippen molar-refractivity contribution in [2.24, 2.45) is 11.8 Å². The Bertz CT molecular complexity index is 529. The summed E-state index contributed by atoms with van der Waals surface area (Å²) >= 11 is 0. The molecule has 1 heterocycles. The summed E-state index contributed by atoms with van der Waals surface area (Å²) in [6, 6.07) is 5.82. The Kier molecular flexibility index (Phi) is 5.91. The molecule has 0 bridgehead atoms. The van der Waals surface area contributed by atoms with Crippen LogP contribution in [0.25, 0.3) is 0 Å². The van der Waals surface area contributed by atoms with Crippen LogP contribution >= 0.6 is 0 Å². The van der Waals surface area contributed by atoms with Gasteiger partial charge in [0.05, 0.1) is 5.92 Å². The van der Waals surface area contributed by atoms with Crippen molar-refractivity contribution in [3.63, 3.8) is 0 Å². The lowest BCUT2D eigenvalue weighted by molar-refractivity contribution is -0.133. The van der Waals surface area contributed by atoms with E-state index in [1.807, 2.05) is 30.0 Å². The lowest BCUT2D eigenvalue weighted by Gasteiger charge is -2.29. The Balaban J connectivity index is 2.16. The van der Waals surface area contributed by atoms with Gasteiger partial charge in [-0.05, 0) is 36.5 Å². The van der Waals surface area contributed by atoms with Crippen LogP contribution in [-0.2, 0) is 4.79 Å². The van der Waals surface area contributed by atoms with Gasteiger partial charge in [-0.1, -0.05) is 33.8 Å². The summed E-state index contributed by atoms with van der Waals surface area (Å²) in [6.45, 7) is 13.3. The van der Waals surface area contributed by atoms with Gasteiger partial charge in [0.25, 0.3) is 0 Å². The third-order valence-electron chi connectivity index (χ3n) is 3.92. The highest BCUT2D eigenvalue weighted by molar-refractivity contribution is 5.83. The summed E-state index contributed by atoms with van der Waals surface area (Å²) < 4.78 is 11.2. The number of amides is 1. The third kappa shape index (κ3) is 4.63. The molecule has 4 heteroatoms. The molecule has 1 atom stereocenters. The van der Waals surface area contributed by atoms with E-state index in [4.69, 9.17) is 9.47 Å². The Labute approximate surface area is 139 Å². The standard InChI is InChI=1S/C19H29NO3/c1-13(2)11-20(12-14(3)4)19(21)15(5)16-6-7-17-18(10-16)23-9-8-22-17/h6-7,10,13-15H,8-9,11-12H2,1-5H3. The minimum Gasteiger partial charge on any atom is -0.486 e. The molecule has 1 unspecified atom stereocenters. The highest BCUT2D eigenvalue weighted by Crippen LogP contribution is 2.33. The van der Waals surface area contributed by atoms with Crippen LogP contribution in [-0.4, -0.2) is 37.1 Å². The first-order valence-corrected chi connectivity index (χ1v) is 8.56. The molecule has 0 fully saturated rings. The lowest BCUT2D eigenvalue weighted by atomic mass is 9.98. The summed E-state index contributed by atoms with van der Waals surface area (Å²) in [6.07, 6.45) is 0. The van der Waals surface area contributed by atoms with Crippen LogP contribution in [0.15, 0.2) is 18.2 Å². The van der Waals surface area contributed by atoms with Crippen LogP contribution in [0, 0.1) is 11.8 Å². The average molecular weight is 319 g/mol. The van der Waals surface area contributed by atoms with Crippen molar-refractivity contribution < 1.29 is 14.3 Å². The zero-order chi connectivity index (χ0) is 17.0. The number of carbonyl (C=O) groups is 1. The molecular formula is C19H29NO3. The lowest BCUT2D eigenvalue weighted by Crippen LogP contribution is -2.39. The Morgan fingerprint density at radius 1 is 1.00 bits per heavy atom. The maximum Gasteiger partial charge on any atom is 0.229 e. The van der Waals surface area contributed by atoms with Crippen LogP contribution in [0.2, 0.25) is 0 Å². The van der Waals surface area contributed by atoms with Crippen LogP contribution in [0.4, 0.5) is 0 Å². The second-order valence-corrected chi connectivity index (χ2v) is 7.16. The van der Waals surface area contributed by atoms with Gasteiger partial charge >= 0.3 is 0 Å². The number of benzene rings is 1. The van der Waals surface area contributed by atoms with Crippen LogP contribution < -0.4 is 9.47 Å². The fourth-order valence-corrected chi connectivity index (χ4v) is 2.88. The van der Waals surface area contributed by atoms with E-state index in [-0.39, 0.29) is 11.8 Å². The van der Waals surface area contributed by atoms with Gasteiger partial charge in [-0.15, -0.1) is 0 Å². The predicted octanol–water partition coefficient (Wildman–Crippen LogP) is 3.70. The number of carbonyl (C=O) groups excluding carboxylic acids is 1. The molecule has 128 valence electrons. The minimum absolute atomic E-state index is 0.177. The molecule has 0 saturated heterocycles. The van der Waals surface area contributed by atoms with E-state index in [1.165, 1.54) is 0 Å². The second kappa shape index (κ2) is 7.71. The zero-order valence-corrected chi connectivity index (χ0v) is 15.0. The highest BCUT2D eigenvalue weighted by Gasteiger charge is 2.24. The molecule has 0 saturated carbocycles. The third-order valence-corrected chi connectivity index (χ3v) is 3.92. The van der Waals surface area contributed by atoms with Gasteiger partial charge in [-0.2, -0.15) is 0 Å². The van der Waals surface area contributed by atoms with E-state index in [2.05, 4.69) is 27.7 Å². The van der Waals surface area contributed by atoms with E-state index in [1.54, 1.807) is 0 Å². The van der Waals surface area contributed by atoms with Crippen LogP contribution in [0.3, 0.4) is 0 Å². The van der Waals surface area contributed by atoms with Gasteiger partial charge in [0.1, 0.15) is 13.2 Å². The number of hydrogen-bond acceptors (Lipinski definition) is 3. The summed E-state index contributed by atoms with van der Waals surface area (Å²) in [5.74, 6) is 2.44. The maximum atomic E-state index is 12.9. The minimum atomic E-state index is -0.177. The van der Waals surface area contributed by atoms with Crippen molar-refractivity contribution in [3.05, 3.63) is 23.8 Å². The van der Waals surface area contributed by atoms with E-state index in [0.29, 0.717) is 25.0 Å². The van der Waals surface area contributed by atoms with Gasteiger partial charge in [0.2, 0.25) is 5.91 Å². The van der Waals surface area contributed by atoms with Crippen molar-refractivity contribution in [3.8, 4) is 11.5 Å². The molecule has 0 spiro atoms. The zero-order valence-electron chi connectivity index (χ0n) is 15.0. The monoisotopic (exact) mass is 319 g/mol. The largest absolute Gasteiger partial charge is 0.486 e. The summed E-state index contributed by atoms with van der Waals surface area (Å²) in [7, 11) is 0. The van der Waals surface area contributed by atoms with Crippen LogP contribution in [0.5, 0.6) is 11.5 Å². The van der Waals surface area contributed by atoms with E-state index < -0.39 is 0 Å². The molecule has 1 aliphatic rings. The van der Waals surface area contributed by atoms with Crippen molar-refractivity contribution in [1.82, 2.24) is 4.90 Å². The van der Waals surface area contributed by atoms with Gasteiger partial charge in [-0.3, -0.25) is 4.79 Å². The quantitative estimate of drug-likeness (QED) is 0.802. The van der Waals surface area contributed by atoms with Crippen molar-refractivity contribution >= 4 is 5.91 Å². The molecule has 0 aliphatic carbocycles. The second-order valence-electron chi connectivity index (χ2n) is 7.16. The molecule has 23 heavy (non-hydrogen) atoms. The van der Waals surface area contributed by atoms with Crippen molar-refractivity contribution in [2.75, 3.05) is 26.3 Å². The number of nitrogens with zero attached hydrogens (tertiary/aromatic N) is 1. The first-order valence-electron chi connectivity index (χ1n) is 8.56. The normalized spacial score (nSPS) is 14.9. The number of rotatable bonds is 6. The van der Waals surface area contributed by atoms with E-state index in [0.717, 1.165) is 30.2 Å². The maximum absolute atomic E-state index is 12.9. The number of ether oxygens (including phenoxy) is 2. The summed E-state index contributed by atoms with van der Waals surface area (Å²) in [4.78, 5) is 14.9. The average Bonchev–Trinajstić information content (AvgIpc) is 2.51. The Hall–Kier alpha value is -1.71.